The van der Waals surface area contributed by atoms with Gasteiger partial charge in [0, 0.05) is 24.8 Å². The number of hydrogen-bond acceptors (Lipinski definition) is 6. The lowest BCUT2D eigenvalue weighted by Gasteiger charge is -2.22. The summed E-state index contributed by atoms with van der Waals surface area (Å²) in [5.41, 5.74) is 11.8. The van der Waals surface area contributed by atoms with Crippen LogP contribution in [-0.4, -0.2) is 33.1 Å². The fourth-order valence-corrected chi connectivity index (χ4v) is 4.22. The molecule has 3 aromatic heterocycles. The number of fused-ring (bicyclic) bond motifs is 1. The first-order valence-corrected chi connectivity index (χ1v) is 10.4. The summed E-state index contributed by atoms with van der Waals surface area (Å²) in [6, 6.07) is 12.5. The van der Waals surface area contributed by atoms with E-state index in [1.54, 1.807) is 12.4 Å². The summed E-state index contributed by atoms with van der Waals surface area (Å²) in [6.07, 6.45) is 7.97. The largest absolute Gasteiger partial charge is 0.382 e. The van der Waals surface area contributed by atoms with E-state index in [1.807, 2.05) is 18.2 Å². The van der Waals surface area contributed by atoms with Gasteiger partial charge in [-0.15, -0.1) is 0 Å². The number of anilines is 1. The minimum absolute atomic E-state index is 0.364. The molecule has 31 heavy (non-hydrogen) atoms. The minimum atomic E-state index is 0.364. The number of nitriles is 1. The second kappa shape index (κ2) is 8.17. The molecule has 7 nitrogen and oxygen atoms in total. The van der Waals surface area contributed by atoms with Crippen LogP contribution < -0.4 is 5.73 Å². The van der Waals surface area contributed by atoms with Gasteiger partial charge in [0.1, 0.15) is 17.2 Å². The topological polar surface area (TPSA) is 114 Å². The van der Waals surface area contributed by atoms with Crippen LogP contribution in [0, 0.1) is 17.2 Å². The zero-order valence-corrected chi connectivity index (χ0v) is 17.0. The lowest BCUT2D eigenvalue weighted by molar-refractivity contribution is 0.0665. The van der Waals surface area contributed by atoms with Crippen LogP contribution in [0.25, 0.3) is 33.5 Å². The Morgan fingerprint density at radius 3 is 2.84 bits per heavy atom. The summed E-state index contributed by atoms with van der Waals surface area (Å²) in [7, 11) is 0. The molecule has 1 aromatic carbocycles. The highest BCUT2D eigenvalue weighted by Crippen LogP contribution is 2.32. The number of aromatic amines is 1. The Labute approximate surface area is 179 Å². The van der Waals surface area contributed by atoms with Gasteiger partial charge in [0.25, 0.3) is 0 Å². The average Bonchev–Trinajstić information content (AvgIpc) is 3.25. The van der Waals surface area contributed by atoms with E-state index < -0.39 is 0 Å². The van der Waals surface area contributed by atoms with E-state index >= 15 is 0 Å². The molecule has 1 aliphatic rings. The lowest BCUT2D eigenvalue weighted by atomic mass is 9.89. The van der Waals surface area contributed by atoms with Gasteiger partial charge in [-0.2, -0.15) is 5.26 Å². The molecule has 0 atom stereocenters. The molecule has 0 saturated carbocycles. The lowest BCUT2D eigenvalue weighted by Crippen LogP contribution is -2.17. The maximum absolute atomic E-state index is 9.79. The number of aromatic nitrogens is 4. The van der Waals surface area contributed by atoms with Gasteiger partial charge in [0.05, 0.1) is 29.7 Å². The molecule has 0 radical (unpaired) electrons. The molecule has 5 rings (SSSR count). The molecule has 4 heterocycles. The summed E-state index contributed by atoms with van der Waals surface area (Å²) in [4.78, 5) is 16.2. The van der Waals surface area contributed by atoms with E-state index in [4.69, 9.17) is 10.5 Å². The van der Waals surface area contributed by atoms with Crippen molar-refractivity contribution in [3.8, 4) is 28.6 Å². The monoisotopic (exact) mass is 410 g/mol. The van der Waals surface area contributed by atoms with Crippen LogP contribution in [-0.2, 0) is 11.2 Å². The minimum Gasteiger partial charge on any atom is -0.382 e. The second-order valence-electron chi connectivity index (χ2n) is 7.88. The molecule has 3 N–H and O–H groups in total. The molecule has 1 fully saturated rings. The number of nitrogens with two attached hydrogens (primary N) is 1. The van der Waals surface area contributed by atoms with E-state index in [9.17, 15) is 5.26 Å². The standard InChI is InChI=1S/C24H22N6O/c25-12-18-10-17(2-1-16(18)9-15-4-7-31-8-5-15)19-3-6-28-24-20(19)11-21(30-24)22-13-27-14-23(26)29-22/h1-3,6,10-11,13-15H,4-5,7-9H2,(H2,26,29)(H,28,30). The molecular weight excluding hydrogens is 388 g/mol. The van der Waals surface area contributed by atoms with E-state index in [0.717, 1.165) is 71.5 Å². The molecule has 7 heteroatoms. The quantitative estimate of drug-likeness (QED) is 0.523. The van der Waals surface area contributed by atoms with Crippen molar-refractivity contribution in [2.24, 2.45) is 5.92 Å². The van der Waals surface area contributed by atoms with Crippen molar-refractivity contribution < 1.29 is 4.74 Å². The van der Waals surface area contributed by atoms with Gasteiger partial charge < -0.3 is 15.5 Å². The van der Waals surface area contributed by atoms with Crippen molar-refractivity contribution in [2.75, 3.05) is 18.9 Å². The molecule has 0 amide bonds. The third-order valence-electron chi connectivity index (χ3n) is 5.85. The Hall–Kier alpha value is -3.76. The third-order valence-corrected chi connectivity index (χ3v) is 5.85. The predicted octanol–water partition coefficient (Wildman–Crippen LogP) is 4.11. The summed E-state index contributed by atoms with van der Waals surface area (Å²) in [5.74, 6) is 0.939. The normalized spacial score (nSPS) is 14.5. The number of nitrogens with one attached hydrogen (secondary N) is 1. The van der Waals surface area contributed by atoms with Gasteiger partial charge in [0.15, 0.2) is 0 Å². The Bertz CT molecular complexity index is 1280. The summed E-state index contributed by atoms with van der Waals surface area (Å²) in [5, 5.41) is 10.8. The highest BCUT2D eigenvalue weighted by atomic mass is 16.5. The highest BCUT2D eigenvalue weighted by molar-refractivity contribution is 5.96. The first-order valence-electron chi connectivity index (χ1n) is 10.4. The zero-order valence-electron chi connectivity index (χ0n) is 17.0. The summed E-state index contributed by atoms with van der Waals surface area (Å²) in [6.45, 7) is 1.62. The Morgan fingerprint density at radius 2 is 2.03 bits per heavy atom. The highest BCUT2D eigenvalue weighted by Gasteiger charge is 2.17. The van der Waals surface area contributed by atoms with E-state index in [0.29, 0.717) is 17.4 Å². The van der Waals surface area contributed by atoms with Crippen LogP contribution in [0.3, 0.4) is 0 Å². The van der Waals surface area contributed by atoms with Crippen LogP contribution in [0.15, 0.2) is 48.9 Å². The van der Waals surface area contributed by atoms with Crippen LogP contribution in [0.4, 0.5) is 5.82 Å². The molecule has 154 valence electrons. The average molecular weight is 410 g/mol. The van der Waals surface area contributed by atoms with Crippen molar-refractivity contribution in [3.05, 3.63) is 60.0 Å². The van der Waals surface area contributed by atoms with Crippen LogP contribution in [0.5, 0.6) is 0 Å². The number of rotatable bonds is 4. The number of benzene rings is 1. The first kappa shape index (κ1) is 19.2. The Kier molecular flexibility index (Phi) is 5.06. The van der Waals surface area contributed by atoms with Crippen molar-refractivity contribution >= 4 is 16.9 Å². The molecule has 1 aliphatic heterocycles. The smallest absolute Gasteiger partial charge is 0.142 e. The molecule has 0 unspecified atom stereocenters. The van der Waals surface area contributed by atoms with E-state index in [1.165, 1.54) is 6.20 Å². The van der Waals surface area contributed by atoms with Crippen molar-refractivity contribution in [3.63, 3.8) is 0 Å². The zero-order chi connectivity index (χ0) is 21.2. The van der Waals surface area contributed by atoms with Gasteiger partial charge in [-0.1, -0.05) is 12.1 Å². The Balaban J connectivity index is 1.52. The fourth-order valence-electron chi connectivity index (χ4n) is 4.22. The number of nitrogen functional groups attached to an aromatic ring is 1. The number of ether oxygens (including phenoxy) is 1. The number of H-pyrrole nitrogens is 1. The maximum Gasteiger partial charge on any atom is 0.142 e. The van der Waals surface area contributed by atoms with Gasteiger partial charge >= 0.3 is 0 Å². The Morgan fingerprint density at radius 1 is 1.16 bits per heavy atom. The predicted molar refractivity (Wildman–Crippen MR) is 119 cm³/mol. The van der Waals surface area contributed by atoms with Crippen molar-refractivity contribution in [1.82, 2.24) is 19.9 Å². The molecule has 4 aromatic rings. The molecule has 0 bridgehead atoms. The number of pyridine rings is 1. The number of hydrogen-bond donors (Lipinski definition) is 2. The van der Waals surface area contributed by atoms with E-state index in [-0.39, 0.29) is 0 Å². The molecular formula is C24H22N6O. The van der Waals surface area contributed by atoms with Gasteiger partial charge in [0.2, 0.25) is 0 Å². The van der Waals surface area contributed by atoms with E-state index in [2.05, 4.69) is 38.1 Å². The maximum atomic E-state index is 9.79. The summed E-state index contributed by atoms with van der Waals surface area (Å²) >= 11 is 0. The molecule has 0 spiro atoms. The summed E-state index contributed by atoms with van der Waals surface area (Å²) < 4.78 is 5.46. The molecule has 1 saturated heterocycles. The van der Waals surface area contributed by atoms with Crippen molar-refractivity contribution in [2.45, 2.75) is 19.3 Å². The second-order valence-corrected chi connectivity index (χ2v) is 7.88. The SMILES string of the molecule is N#Cc1cc(-c2ccnc3[nH]c(-c4cncc(N)n4)cc23)ccc1CC1CCOCC1. The van der Waals surface area contributed by atoms with Crippen molar-refractivity contribution in [1.29, 1.82) is 5.26 Å². The van der Waals surface area contributed by atoms with Gasteiger partial charge in [-0.25, -0.2) is 9.97 Å². The van der Waals surface area contributed by atoms with Crippen LogP contribution >= 0.6 is 0 Å². The third kappa shape index (κ3) is 3.86. The van der Waals surface area contributed by atoms with Gasteiger partial charge in [-0.3, -0.25) is 4.98 Å². The van der Waals surface area contributed by atoms with Gasteiger partial charge in [-0.05, 0) is 60.1 Å². The van der Waals surface area contributed by atoms with Crippen LogP contribution in [0.1, 0.15) is 24.0 Å². The first-order chi connectivity index (χ1) is 15.2. The number of nitrogens with zero attached hydrogens (tertiary/aromatic N) is 4. The fraction of sp³-hybridized carbons (Fsp3) is 0.250. The van der Waals surface area contributed by atoms with Crippen LogP contribution in [0.2, 0.25) is 0 Å². The molecule has 0 aliphatic carbocycles.